The summed E-state index contributed by atoms with van der Waals surface area (Å²) in [5, 5.41) is 11.7. The first-order valence-corrected chi connectivity index (χ1v) is 8.17. The van der Waals surface area contributed by atoms with Crippen molar-refractivity contribution in [2.24, 2.45) is 16.6 Å². The summed E-state index contributed by atoms with van der Waals surface area (Å²) in [7, 11) is 0. The minimum absolute atomic E-state index is 0.528. The molecule has 1 aliphatic carbocycles. The van der Waals surface area contributed by atoms with Crippen LogP contribution in [0, 0.1) is 12.8 Å². The highest BCUT2D eigenvalue weighted by Gasteiger charge is 2.21. The Kier molecular flexibility index (Phi) is 4.41. The maximum Gasteiger partial charge on any atom is 0.188 e. The third kappa shape index (κ3) is 3.54. The number of guanidine groups is 1. The molecule has 1 aliphatic heterocycles. The predicted molar refractivity (Wildman–Crippen MR) is 83.1 cm³/mol. The first-order valence-electron chi connectivity index (χ1n) is 8.17. The Bertz CT molecular complexity index is 500. The molecule has 1 aromatic rings. The molecular formula is C15H26N6. The van der Waals surface area contributed by atoms with Gasteiger partial charge in [-0.3, -0.25) is 4.99 Å². The number of nitrogens with zero attached hydrogens (tertiary/aromatic N) is 4. The zero-order chi connectivity index (χ0) is 14.7. The summed E-state index contributed by atoms with van der Waals surface area (Å²) in [5.74, 6) is 3.28. The predicted octanol–water partition coefficient (Wildman–Crippen LogP) is 1.39. The van der Waals surface area contributed by atoms with Gasteiger partial charge >= 0.3 is 0 Å². The Hall–Kier alpha value is -1.59. The van der Waals surface area contributed by atoms with Crippen LogP contribution in [0.15, 0.2) is 4.99 Å². The van der Waals surface area contributed by atoms with Crippen LogP contribution in [0.1, 0.15) is 50.2 Å². The lowest BCUT2D eigenvalue weighted by Gasteiger charge is -2.24. The van der Waals surface area contributed by atoms with E-state index in [-0.39, 0.29) is 0 Å². The summed E-state index contributed by atoms with van der Waals surface area (Å²) in [6.07, 6.45) is 8.55. The maximum atomic E-state index is 6.03. The van der Waals surface area contributed by atoms with Crippen LogP contribution < -0.4 is 11.1 Å². The second-order valence-electron chi connectivity index (χ2n) is 6.38. The first kappa shape index (κ1) is 14.4. The molecule has 1 saturated carbocycles. The molecule has 6 heteroatoms. The molecule has 0 spiro atoms. The van der Waals surface area contributed by atoms with Gasteiger partial charge in [0.15, 0.2) is 5.96 Å². The van der Waals surface area contributed by atoms with Gasteiger partial charge < -0.3 is 15.6 Å². The molecule has 1 fully saturated rings. The smallest absolute Gasteiger partial charge is 0.188 e. The molecule has 1 atom stereocenters. The molecule has 6 nitrogen and oxygen atoms in total. The molecule has 0 saturated heterocycles. The van der Waals surface area contributed by atoms with E-state index in [1.807, 2.05) is 6.92 Å². The summed E-state index contributed by atoms with van der Waals surface area (Å²) in [4.78, 5) is 4.56. The van der Waals surface area contributed by atoms with Crippen molar-refractivity contribution in [1.82, 2.24) is 20.1 Å². The highest BCUT2D eigenvalue weighted by atomic mass is 15.3. The maximum absolute atomic E-state index is 6.03. The number of hydrogen-bond donors (Lipinski definition) is 2. The van der Waals surface area contributed by atoms with Crippen LogP contribution in [-0.4, -0.2) is 33.3 Å². The Labute approximate surface area is 126 Å². The van der Waals surface area contributed by atoms with E-state index in [1.165, 1.54) is 32.1 Å². The van der Waals surface area contributed by atoms with E-state index in [0.717, 1.165) is 37.6 Å². The Balaban J connectivity index is 1.50. The fourth-order valence-corrected chi connectivity index (χ4v) is 3.41. The van der Waals surface area contributed by atoms with E-state index in [4.69, 9.17) is 5.73 Å². The largest absolute Gasteiger partial charge is 0.370 e. The van der Waals surface area contributed by atoms with Crippen LogP contribution in [-0.2, 0) is 13.0 Å². The molecule has 2 aliphatic rings. The zero-order valence-corrected chi connectivity index (χ0v) is 12.9. The van der Waals surface area contributed by atoms with Gasteiger partial charge in [-0.15, -0.1) is 10.2 Å². The average molecular weight is 290 g/mol. The number of nitrogens with two attached hydrogens (primary N) is 1. The van der Waals surface area contributed by atoms with Crippen molar-refractivity contribution in [2.75, 3.05) is 6.54 Å². The molecule has 1 unspecified atom stereocenters. The highest BCUT2D eigenvalue weighted by Crippen LogP contribution is 2.20. The zero-order valence-electron chi connectivity index (χ0n) is 12.9. The number of aromatic nitrogens is 3. The van der Waals surface area contributed by atoms with Gasteiger partial charge in [0.2, 0.25) is 0 Å². The number of fused-ring (bicyclic) bond motifs is 1. The minimum Gasteiger partial charge on any atom is -0.370 e. The van der Waals surface area contributed by atoms with Crippen molar-refractivity contribution < 1.29 is 0 Å². The van der Waals surface area contributed by atoms with E-state index in [2.05, 4.69) is 25.1 Å². The summed E-state index contributed by atoms with van der Waals surface area (Å²) >= 11 is 0. The number of nitrogens with one attached hydrogen (secondary N) is 1. The topological polar surface area (TPSA) is 81.1 Å². The van der Waals surface area contributed by atoms with Crippen molar-refractivity contribution in [1.29, 1.82) is 0 Å². The number of aliphatic imine (C=N–C) groups is 1. The van der Waals surface area contributed by atoms with E-state index >= 15 is 0 Å². The van der Waals surface area contributed by atoms with Gasteiger partial charge in [0.05, 0.1) is 0 Å². The lowest BCUT2D eigenvalue weighted by atomic mass is 9.96. The quantitative estimate of drug-likeness (QED) is 0.651. The summed E-state index contributed by atoms with van der Waals surface area (Å²) in [6.45, 7) is 3.78. The molecular weight excluding hydrogens is 264 g/mol. The van der Waals surface area contributed by atoms with Crippen LogP contribution in [0.2, 0.25) is 0 Å². The van der Waals surface area contributed by atoms with Crippen molar-refractivity contribution in [3.05, 3.63) is 11.6 Å². The molecule has 3 rings (SSSR count). The van der Waals surface area contributed by atoms with Gasteiger partial charge in [-0.05, 0) is 32.1 Å². The second kappa shape index (κ2) is 6.45. The van der Waals surface area contributed by atoms with Crippen LogP contribution in [0.25, 0.3) is 0 Å². The van der Waals surface area contributed by atoms with Crippen molar-refractivity contribution in [2.45, 2.75) is 64.5 Å². The Morgan fingerprint density at radius 3 is 2.90 bits per heavy atom. The van der Waals surface area contributed by atoms with Crippen LogP contribution in [0.5, 0.6) is 0 Å². The Morgan fingerprint density at radius 2 is 2.10 bits per heavy atom. The second-order valence-corrected chi connectivity index (χ2v) is 6.38. The van der Waals surface area contributed by atoms with Crippen LogP contribution >= 0.6 is 0 Å². The molecule has 0 aromatic carbocycles. The molecule has 2 heterocycles. The van der Waals surface area contributed by atoms with Gasteiger partial charge in [-0.2, -0.15) is 0 Å². The molecule has 0 amide bonds. The highest BCUT2D eigenvalue weighted by molar-refractivity contribution is 5.78. The van der Waals surface area contributed by atoms with E-state index < -0.39 is 0 Å². The third-order valence-electron chi connectivity index (χ3n) is 4.71. The minimum atomic E-state index is 0.528. The normalized spacial score (nSPS) is 23.9. The number of rotatable bonds is 3. The monoisotopic (exact) mass is 290 g/mol. The van der Waals surface area contributed by atoms with Gasteiger partial charge in [-0.25, -0.2) is 0 Å². The standard InChI is InChI=1S/C15H26N6/c1-11-19-20-14-8-7-12(10-21(11)14)9-17-15(16)18-13-5-3-2-4-6-13/h12-13H,2-10H2,1H3,(H3,16,17,18). The summed E-state index contributed by atoms with van der Waals surface area (Å²) in [5.41, 5.74) is 6.03. The SMILES string of the molecule is Cc1nnc2n1CC(CN=C(N)NC1CCCCC1)CC2. The van der Waals surface area contributed by atoms with Crippen molar-refractivity contribution in [3.8, 4) is 0 Å². The molecule has 116 valence electrons. The molecule has 3 N–H and O–H groups in total. The number of aryl methyl sites for hydroxylation is 2. The Morgan fingerprint density at radius 1 is 1.29 bits per heavy atom. The fraction of sp³-hybridized carbons (Fsp3) is 0.800. The van der Waals surface area contributed by atoms with Crippen molar-refractivity contribution in [3.63, 3.8) is 0 Å². The van der Waals surface area contributed by atoms with Gasteiger partial charge in [0.25, 0.3) is 0 Å². The van der Waals surface area contributed by atoms with Gasteiger partial charge in [-0.1, -0.05) is 19.3 Å². The van der Waals surface area contributed by atoms with Gasteiger partial charge in [0, 0.05) is 25.6 Å². The third-order valence-corrected chi connectivity index (χ3v) is 4.71. The lowest BCUT2D eigenvalue weighted by molar-refractivity contribution is 0.368. The first-order chi connectivity index (χ1) is 10.2. The average Bonchev–Trinajstić information content (AvgIpc) is 2.87. The van der Waals surface area contributed by atoms with Gasteiger partial charge in [0.1, 0.15) is 11.6 Å². The van der Waals surface area contributed by atoms with E-state index in [1.54, 1.807) is 0 Å². The number of hydrogen-bond acceptors (Lipinski definition) is 3. The molecule has 0 radical (unpaired) electrons. The van der Waals surface area contributed by atoms with Crippen LogP contribution in [0.4, 0.5) is 0 Å². The summed E-state index contributed by atoms with van der Waals surface area (Å²) < 4.78 is 2.22. The van der Waals surface area contributed by atoms with Crippen molar-refractivity contribution >= 4 is 5.96 Å². The molecule has 0 bridgehead atoms. The van der Waals surface area contributed by atoms with E-state index in [0.29, 0.717) is 17.9 Å². The summed E-state index contributed by atoms with van der Waals surface area (Å²) in [6, 6.07) is 0.528. The lowest BCUT2D eigenvalue weighted by Crippen LogP contribution is -2.41. The van der Waals surface area contributed by atoms with Crippen LogP contribution in [0.3, 0.4) is 0 Å². The molecule has 21 heavy (non-hydrogen) atoms. The molecule has 1 aromatic heterocycles. The fourth-order valence-electron chi connectivity index (χ4n) is 3.41. The van der Waals surface area contributed by atoms with E-state index in [9.17, 15) is 0 Å².